The summed E-state index contributed by atoms with van der Waals surface area (Å²) < 4.78 is 111. The number of carbonyl (C=O) groups is 1. The Labute approximate surface area is 153 Å². The summed E-state index contributed by atoms with van der Waals surface area (Å²) in [5, 5.41) is 9.52. The van der Waals surface area contributed by atoms with Crippen molar-refractivity contribution in [1.29, 1.82) is 0 Å². The number of carboxylic acids is 1. The molecule has 0 heterocycles. The molecule has 0 aliphatic heterocycles. The van der Waals surface area contributed by atoms with Gasteiger partial charge < -0.3 is 9.84 Å². The maximum absolute atomic E-state index is 14.2. The molecule has 0 saturated heterocycles. The summed E-state index contributed by atoms with van der Waals surface area (Å²) >= 11 is 0. The van der Waals surface area contributed by atoms with E-state index in [0.29, 0.717) is 0 Å². The van der Waals surface area contributed by atoms with Crippen LogP contribution in [0.4, 0.5) is 35.1 Å². The number of hydrogen-bond donors (Lipinski definition) is 1. The smallest absolute Gasteiger partial charge is 0.442 e. The Hall–Kier alpha value is -2.33. The highest BCUT2D eigenvalue weighted by atomic mass is 19.4. The number of allylic oxidation sites excluding steroid dienone is 2. The Morgan fingerprint density at radius 2 is 1.57 bits per heavy atom. The minimum atomic E-state index is -5.39. The lowest BCUT2D eigenvalue weighted by atomic mass is 9.87. The standard InChI is InChI=1S/C17H14F8O3/c1-15(2)7(4-8(18)17(23,24)25)16(15,14(26)27)5-6-9(19)11(21)13(28-3)12(22)10(6)20/h4,7H,5H2,1-3H3,(H,26,27). The Morgan fingerprint density at radius 3 is 1.93 bits per heavy atom. The van der Waals surface area contributed by atoms with Gasteiger partial charge in [-0.3, -0.25) is 4.79 Å². The summed E-state index contributed by atoms with van der Waals surface area (Å²) in [5.74, 6) is -15.2. The molecule has 3 nitrogen and oxygen atoms in total. The quantitative estimate of drug-likeness (QED) is 0.545. The van der Waals surface area contributed by atoms with Crippen molar-refractivity contribution in [1.82, 2.24) is 0 Å². The second-order valence-electron chi connectivity index (χ2n) is 6.93. The van der Waals surface area contributed by atoms with Gasteiger partial charge in [0.25, 0.3) is 0 Å². The summed E-state index contributed by atoms with van der Waals surface area (Å²) in [5.41, 5.74) is -5.26. The highest BCUT2D eigenvalue weighted by molar-refractivity contribution is 5.82. The van der Waals surface area contributed by atoms with Gasteiger partial charge >= 0.3 is 12.1 Å². The highest BCUT2D eigenvalue weighted by Gasteiger charge is 2.75. The molecule has 1 fully saturated rings. The molecule has 0 spiro atoms. The van der Waals surface area contributed by atoms with Gasteiger partial charge in [-0.05, 0) is 17.9 Å². The van der Waals surface area contributed by atoms with Crippen molar-refractivity contribution >= 4 is 5.97 Å². The third kappa shape index (κ3) is 3.00. The van der Waals surface area contributed by atoms with Crippen LogP contribution < -0.4 is 4.74 Å². The monoisotopic (exact) mass is 418 g/mol. The van der Waals surface area contributed by atoms with E-state index in [0.717, 1.165) is 21.0 Å². The first-order valence-electron chi connectivity index (χ1n) is 7.71. The zero-order valence-electron chi connectivity index (χ0n) is 14.6. The van der Waals surface area contributed by atoms with E-state index in [1.165, 1.54) is 0 Å². The van der Waals surface area contributed by atoms with E-state index in [4.69, 9.17) is 0 Å². The molecule has 1 aliphatic rings. The van der Waals surface area contributed by atoms with Gasteiger partial charge in [0.05, 0.1) is 12.5 Å². The zero-order chi connectivity index (χ0) is 21.8. The second kappa shape index (κ2) is 6.63. The normalized spacial score (nSPS) is 24.2. The fourth-order valence-electron chi connectivity index (χ4n) is 3.58. The van der Waals surface area contributed by atoms with Crippen molar-refractivity contribution in [2.45, 2.75) is 26.4 Å². The minimum Gasteiger partial charge on any atom is -0.491 e. The van der Waals surface area contributed by atoms with Crippen LogP contribution in [0.1, 0.15) is 19.4 Å². The molecule has 1 aromatic carbocycles. The van der Waals surface area contributed by atoms with Crippen molar-refractivity contribution in [3.63, 3.8) is 0 Å². The average molecular weight is 418 g/mol. The van der Waals surface area contributed by atoms with E-state index in [-0.39, 0.29) is 6.08 Å². The van der Waals surface area contributed by atoms with E-state index in [1.807, 2.05) is 0 Å². The van der Waals surface area contributed by atoms with E-state index >= 15 is 0 Å². The van der Waals surface area contributed by atoms with Crippen LogP contribution in [0.25, 0.3) is 0 Å². The van der Waals surface area contributed by atoms with Crippen molar-refractivity contribution in [3.05, 3.63) is 40.7 Å². The van der Waals surface area contributed by atoms with Gasteiger partial charge in [0.2, 0.25) is 11.6 Å². The molecular formula is C17H14F8O3. The number of alkyl halides is 3. The van der Waals surface area contributed by atoms with E-state index in [2.05, 4.69) is 4.74 Å². The fraction of sp³-hybridized carbons (Fsp3) is 0.471. The SMILES string of the molecule is COc1c(F)c(F)c(CC2(C(=O)O)C(C=C(F)C(F)(F)F)C2(C)C)c(F)c1F. The first-order valence-corrected chi connectivity index (χ1v) is 7.71. The summed E-state index contributed by atoms with van der Waals surface area (Å²) in [6, 6.07) is 0. The molecule has 2 rings (SSSR count). The maximum atomic E-state index is 14.2. The first kappa shape index (κ1) is 22.0. The van der Waals surface area contributed by atoms with Gasteiger partial charge in [0, 0.05) is 11.5 Å². The molecule has 28 heavy (non-hydrogen) atoms. The Bertz CT molecular complexity index is 830. The molecule has 1 N–H and O–H groups in total. The van der Waals surface area contributed by atoms with Gasteiger partial charge in [-0.25, -0.2) is 13.2 Å². The maximum Gasteiger partial charge on any atom is 0.442 e. The van der Waals surface area contributed by atoms with Gasteiger partial charge in [0.1, 0.15) is 0 Å². The first-order chi connectivity index (χ1) is 12.6. The molecule has 1 aromatic rings. The largest absolute Gasteiger partial charge is 0.491 e. The lowest BCUT2D eigenvalue weighted by Crippen LogP contribution is -2.26. The zero-order valence-corrected chi connectivity index (χ0v) is 14.6. The lowest BCUT2D eigenvalue weighted by Gasteiger charge is -2.18. The van der Waals surface area contributed by atoms with E-state index in [9.17, 15) is 45.0 Å². The van der Waals surface area contributed by atoms with Crippen molar-refractivity contribution in [3.8, 4) is 5.75 Å². The molecule has 0 bridgehead atoms. The number of methoxy groups -OCH3 is 1. The van der Waals surface area contributed by atoms with Crippen LogP contribution in [0.3, 0.4) is 0 Å². The number of halogens is 8. The van der Waals surface area contributed by atoms with Crippen LogP contribution in [0.2, 0.25) is 0 Å². The number of ether oxygens (including phenoxy) is 1. The summed E-state index contributed by atoms with van der Waals surface area (Å²) in [4.78, 5) is 11.8. The Morgan fingerprint density at radius 1 is 1.11 bits per heavy atom. The predicted molar refractivity (Wildman–Crippen MR) is 79.1 cm³/mol. The van der Waals surface area contributed by atoms with Gasteiger partial charge in [-0.2, -0.15) is 22.0 Å². The summed E-state index contributed by atoms with van der Waals surface area (Å²) in [7, 11) is 0.740. The van der Waals surface area contributed by atoms with E-state index < -0.39 is 75.7 Å². The molecule has 156 valence electrons. The van der Waals surface area contributed by atoms with Crippen molar-refractivity contribution in [2.75, 3.05) is 7.11 Å². The van der Waals surface area contributed by atoms with E-state index in [1.54, 1.807) is 0 Å². The molecule has 1 aliphatic carbocycles. The second-order valence-corrected chi connectivity index (χ2v) is 6.93. The third-order valence-electron chi connectivity index (χ3n) is 5.31. The number of carboxylic acid groups (broad SMARTS) is 1. The lowest BCUT2D eigenvalue weighted by molar-refractivity contribution is -0.145. The van der Waals surface area contributed by atoms with Crippen molar-refractivity contribution in [2.24, 2.45) is 16.7 Å². The van der Waals surface area contributed by atoms with Gasteiger partial charge in [-0.1, -0.05) is 13.8 Å². The molecular weight excluding hydrogens is 404 g/mol. The van der Waals surface area contributed by atoms with Crippen LogP contribution in [-0.4, -0.2) is 24.4 Å². The fourth-order valence-corrected chi connectivity index (χ4v) is 3.58. The minimum absolute atomic E-state index is 0.000166. The Kier molecular flexibility index (Phi) is 5.20. The Balaban J connectivity index is 2.61. The number of rotatable bonds is 5. The third-order valence-corrected chi connectivity index (χ3v) is 5.31. The molecule has 2 atom stereocenters. The summed E-state index contributed by atoms with van der Waals surface area (Å²) in [6.45, 7) is 2.27. The van der Waals surface area contributed by atoms with Crippen LogP contribution in [0.15, 0.2) is 11.9 Å². The van der Waals surface area contributed by atoms with Crippen LogP contribution in [0, 0.1) is 40.0 Å². The molecule has 0 aromatic heterocycles. The summed E-state index contributed by atoms with van der Waals surface area (Å²) in [6.07, 6.45) is -6.60. The molecule has 0 amide bonds. The number of hydrogen-bond acceptors (Lipinski definition) is 2. The number of benzene rings is 1. The van der Waals surface area contributed by atoms with Crippen LogP contribution >= 0.6 is 0 Å². The van der Waals surface area contributed by atoms with Crippen LogP contribution in [-0.2, 0) is 11.2 Å². The molecule has 1 saturated carbocycles. The van der Waals surface area contributed by atoms with Gasteiger partial charge in [0.15, 0.2) is 23.2 Å². The van der Waals surface area contributed by atoms with Crippen molar-refractivity contribution < 1.29 is 49.8 Å². The predicted octanol–water partition coefficient (Wildman–Crippen LogP) is 4.94. The van der Waals surface area contributed by atoms with Crippen LogP contribution in [0.5, 0.6) is 5.75 Å². The number of aliphatic carboxylic acids is 1. The molecule has 11 heteroatoms. The molecule has 2 unspecified atom stereocenters. The van der Waals surface area contributed by atoms with Gasteiger partial charge in [-0.15, -0.1) is 0 Å². The topological polar surface area (TPSA) is 46.5 Å². The average Bonchev–Trinajstić information content (AvgIpc) is 3.04. The highest BCUT2D eigenvalue weighted by Crippen LogP contribution is 2.71. The molecule has 0 radical (unpaired) electrons.